The van der Waals surface area contributed by atoms with Crippen LogP contribution >= 0.6 is 0 Å². The molecule has 4 atom stereocenters. The van der Waals surface area contributed by atoms with E-state index in [2.05, 4.69) is 12.2 Å². The Morgan fingerprint density at radius 2 is 1.96 bits per heavy atom. The largest absolute Gasteiger partial charge is 0.353 e. The van der Waals surface area contributed by atoms with Gasteiger partial charge in [-0.15, -0.1) is 0 Å². The highest BCUT2D eigenvalue weighted by molar-refractivity contribution is 6.21. The maximum atomic E-state index is 12.5. The first kappa shape index (κ1) is 17.3. The number of nitrogens with zero attached hydrogens (tertiary/aromatic N) is 1. The fraction of sp³-hybridized carbons (Fsp3) is 0.571. The SMILES string of the molecule is Cc1ccc2c(c1)C(=O)N(CCC(=O)NC(C)C1CC3CCC1C3)C2=O. The number of carbonyl (C=O) groups is 3. The van der Waals surface area contributed by atoms with Gasteiger partial charge in [0.15, 0.2) is 0 Å². The maximum absolute atomic E-state index is 12.5. The summed E-state index contributed by atoms with van der Waals surface area (Å²) in [4.78, 5) is 38.4. The van der Waals surface area contributed by atoms with Crippen LogP contribution in [0.25, 0.3) is 0 Å². The fourth-order valence-electron chi connectivity index (χ4n) is 5.16. The number of hydrogen-bond acceptors (Lipinski definition) is 3. The van der Waals surface area contributed by atoms with Gasteiger partial charge in [-0.25, -0.2) is 0 Å². The lowest BCUT2D eigenvalue weighted by Crippen LogP contribution is -2.42. The predicted octanol–water partition coefficient (Wildman–Crippen LogP) is 2.92. The number of imide groups is 1. The molecule has 3 aliphatic rings. The van der Waals surface area contributed by atoms with Crippen molar-refractivity contribution in [1.82, 2.24) is 10.2 Å². The normalized spacial score (nSPS) is 27.8. The van der Waals surface area contributed by atoms with Crippen LogP contribution in [0.15, 0.2) is 18.2 Å². The van der Waals surface area contributed by atoms with Crippen molar-refractivity contribution in [2.45, 2.75) is 52.0 Å². The predicted molar refractivity (Wildman–Crippen MR) is 97.7 cm³/mol. The molecule has 4 unspecified atom stereocenters. The minimum atomic E-state index is -0.293. The van der Waals surface area contributed by atoms with Crippen LogP contribution in [0.1, 0.15) is 65.3 Å². The van der Waals surface area contributed by atoms with Crippen LogP contribution in [0.2, 0.25) is 0 Å². The monoisotopic (exact) mass is 354 g/mol. The third-order valence-electron chi connectivity index (χ3n) is 6.51. The molecule has 2 bridgehead atoms. The van der Waals surface area contributed by atoms with Crippen LogP contribution in [0.5, 0.6) is 0 Å². The van der Waals surface area contributed by atoms with E-state index in [1.54, 1.807) is 12.1 Å². The van der Waals surface area contributed by atoms with Crippen LogP contribution in [-0.4, -0.2) is 35.2 Å². The molecule has 0 saturated heterocycles. The molecular weight excluding hydrogens is 328 g/mol. The van der Waals surface area contributed by atoms with Crippen molar-refractivity contribution in [3.05, 3.63) is 34.9 Å². The minimum absolute atomic E-state index is 0.0759. The molecule has 1 aliphatic heterocycles. The number of benzene rings is 1. The Bertz CT molecular complexity index is 773. The molecule has 3 amide bonds. The van der Waals surface area contributed by atoms with Gasteiger partial charge in [-0.1, -0.05) is 18.1 Å². The average molecular weight is 354 g/mol. The van der Waals surface area contributed by atoms with Gasteiger partial charge in [-0.2, -0.15) is 0 Å². The quantitative estimate of drug-likeness (QED) is 0.827. The van der Waals surface area contributed by atoms with Crippen molar-refractivity contribution in [1.29, 1.82) is 0 Å². The molecule has 0 radical (unpaired) electrons. The van der Waals surface area contributed by atoms with Gasteiger partial charge in [-0.05, 0) is 63.0 Å². The van der Waals surface area contributed by atoms with Crippen LogP contribution in [-0.2, 0) is 4.79 Å². The summed E-state index contributed by atoms with van der Waals surface area (Å²) >= 11 is 0. The van der Waals surface area contributed by atoms with Crippen molar-refractivity contribution >= 4 is 17.7 Å². The highest BCUT2D eigenvalue weighted by Gasteiger charge is 2.42. The van der Waals surface area contributed by atoms with Gasteiger partial charge in [-0.3, -0.25) is 19.3 Å². The summed E-state index contributed by atoms with van der Waals surface area (Å²) in [6.07, 6.45) is 5.35. The molecular formula is C21H26N2O3. The summed E-state index contributed by atoms with van der Waals surface area (Å²) in [7, 11) is 0. The van der Waals surface area contributed by atoms with E-state index in [9.17, 15) is 14.4 Å². The summed E-state index contributed by atoms with van der Waals surface area (Å²) in [5.74, 6) is 1.54. The Morgan fingerprint density at radius 3 is 2.65 bits per heavy atom. The first-order valence-electron chi connectivity index (χ1n) is 9.70. The topological polar surface area (TPSA) is 66.5 Å². The van der Waals surface area contributed by atoms with Crippen molar-refractivity contribution in [3.8, 4) is 0 Å². The van der Waals surface area contributed by atoms with Crippen LogP contribution in [0, 0.1) is 24.7 Å². The van der Waals surface area contributed by atoms with E-state index in [0.29, 0.717) is 17.0 Å². The molecule has 26 heavy (non-hydrogen) atoms. The Balaban J connectivity index is 1.32. The molecule has 2 aliphatic carbocycles. The van der Waals surface area contributed by atoms with E-state index in [0.717, 1.165) is 17.4 Å². The first-order chi connectivity index (χ1) is 12.4. The van der Waals surface area contributed by atoms with Gasteiger partial charge < -0.3 is 5.32 Å². The van der Waals surface area contributed by atoms with Gasteiger partial charge in [0.2, 0.25) is 5.91 Å². The Labute approximate surface area is 154 Å². The molecule has 1 N–H and O–H groups in total. The summed E-state index contributed by atoms with van der Waals surface area (Å²) in [5.41, 5.74) is 1.84. The number of fused-ring (bicyclic) bond motifs is 3. The average Bonchev–Trinajstić information content (AvgIpc) is 3.29. The van der Waals surface area contributed by atoms with E-state index in [4.69, 9.17) is 0 Å². The van der Waals surface area contributed by atoms with Gasteiger partial charge in [0.25, 0.3) is 11.8 Å². The number of carbonyl (C=O) groups excluding carboxylic acids is 3. The maximum Gasteiger partial charge on any atom is 0.261 e. The van der Waals surface area contributed by atoms with Gasteiger partial charge in [0.05, 0.1) is 11.1 Å². The summed E-state index contributed by atoms with van der Waals surface area (Å²) in [6, 6.07) is 5.44. The van der Waals surface area contributed by atoms with E-state index in [1.807, 2.05) is 13.0 Å². The molecule has 1 aromatic rings. The van der Waals surface area contributed by atoms with Crippen LogP contribution in [0.3, 0.4) is 0 Å². The van der Waals surface area contributed by atoms with Gasteiger partial charge >= 0.3 is 0 Å². The second-order valence-electron chi connectivity index (χ2n) is 8.26. The number of amides is 3. The molecule has 138 valence electrons. The van der Waals surface area contributed by atoms with Crippen molar-refractivity contribution in [2.75, 3.05) is 6.54 Å². The second-order valence-corrected chi connectivity index (χ2v) is 8.26. The Morgan fingerprint density at radius 1 is 1.19 bits per heavy atom. The van der Waals surface area contributed by atoms with Crippen molar-refractivity contribution in [3.63, 3.8) is 0 Å². The molecule has 5 nitrogen and oxygen atoms in total. The summed E-state index contributed by atoms with van der Waals surface area (Å²) in [6.45, 7) is 4.12. The zero-order valence-electron chi connectivity index (χ0n) is 15.5. The summed E-state index contributed by atoms with van der Waals surface area (Å²) < 4.78 is 0. The molecule has 0 aromatic heterocycles. The lowest BCUT2D eigenvalue weighted by atomic mass is 9.84. The Hall–Kier alpha value is -2.17. The number of rotatable bonds is 5. The van der Waals surface area contributed by atoms with Crippen molar-refractivity contribution in [2.24, 2.45) is 17.8 Å². The highest BCUT2D eigenvalue weighted by Crippen LogP contribution is 2.49. The fourth-order valence-corrected chi connectivity index (χ4v) is 5.16. The molecule has 2 saturated carbocycles. The number of nitrogens with one attached hydrogen (secondary N) is 1. The molecule has 2 fully saturated rings. The lowest BCUT2D eigenvalue weighted by Gasteiger charge is -2.28. The van der Waals surface area contributed by atoms with E-state index < -0.39 is 0 Å². The summed E-state index contributed by atoms with van der Waals surface area (Å²) in [5, 5.41) is 3.10. The second kappa shape index (κ2) is 6.53. The van der Waals surface area contributed by atoms with Crippen LogP contribution in [0.4, 0.5) is 0 Å². The zero-order chi connectivity index (χ0) is 18.4. The zero-order valence-corrected chi connectivity index (χ0v) is 15.5. The third-order valence-corrected chi connectivity index (χ3v) is 6.51. The van der Waals surface area contributed by atoms with E-state index >= 15 is 0 Å². The lowest BCUT2D eigenvalue weighted by molar-refractivity contribution is -0.122. The van der Waals surface area contributed by atoms with Gasteiger partial charge in [0, 0.05) is 19.0 Å². The minimum Gasteiger partial charge on any atom is -0.353 e. The molecule has 5 heteroatoms. The molecule has 1 heterocycles. The standard InChI is InChI=1S/C21H26N2O3/c1-12-3-6-16-18(9-12)21(26)23(20(16)25)8-7-19(24)22-13(2)17-11-14-4-5-15(17)10-14/h3,6,9,13-15,17H,4-5,7-8,10-11H2,1-2H3,(H,22,24). The van der Waals surface area contributed by atoms with Crippen molar-refractivity contribution < 1.29 is 14.4 Å². The third kappa shape index (κ3) is 2.93. The van der Waals surface area contributed by atoms with E-state index in [1.165, 1.54) is 30.6 Å². The highest BCUT2D eigenvalue weighted by atomic mass is 16.2. The molecule has 0 spiro atoms. The van der Waals surface area contributed by atoms with Crippen LogP contribution < -0.4 is 5.32 Å². The molecule has 4 rings (SSSR count). The Kier molecular flexibility index (Phi) is 4.33. The van der Waals surface area contributed by atoms with E-state index in [-0.39, 0.29) is 36.7 Å². The number of aryl methyl sites for hydroxylation is 1. The molecule has 1 aromatic carbocycles. The van der Waals surface area contributed by atoms with Gasteiger partial charge in [0.1, 0.15) is 0 Å². The number of hydrogen-bond donors (Lipinski definition) is 1. The smallest absolute Gasteiger partial charge is 0.261 e. The first-order valence-corrected chi connectivity index (χ1v) is 9.70.